The molecule has 0 atom stereocenters. The molecule has 0 radical (unpaired) electrons. The molecule has 0 saturated carbocycles. The van der Waals surface area contributed by atoms with Crippen molar-refractivity contribution in [3.05, 3.63) is 41.7 Å². The molecule has 0 bridgehead atoms. The molecule has 1 aromatic heterocycles. The van der Waals surface area contributed by atoms with Crippen LogP contribution in [-0.2, 0) is 0 Å². The summed E-state index contributed by atoms with van der Waals surface area (Å²) in [5, 5.41) is 16.6. The summed E-state index contributed by atoms with van der Waals surface area (Å²) < 4.78 is 1.82. The number of carbonyl (C=O) groups is 1. The molecule has 0 unspecified atom stereocenters. The van der Waals surface area contributed by atoms with Gasteiger partial charge in [0.05, 0.1) is 23.1 Å². The lowest BCUT2D eigenvalue weighted by Gasteiger charge is -2.11. The highest BCUT2D eigenvalue weighted by atomic mass is 16.4. The van der Waals surface area contributed by atoms with Crippen LogP contribution in [0.5, 0.6) is 0 Å². The first-order valence-electron chi connectivity index (χ1n) is 6.13. The second-order valence-corrected chi connectivity index (χ2v) is 4.73. The van der Waals surface area contributed by atoms with Crippen molar-refractivity contribution in [1.29, 1.82) is 0 Å². The van der Waals surface area contributed by atoms with Gasteiger partial charge < -0.3 is 10.4 Å². The number of para-hydroxylation sites is 1. The molecule has 1 heterocycles. The lowest BCUT2D eigenvalue weighted by Crippen LogP contribution is -2.04. The van der Waals surface area contributed by atoms with Gasteiger partial charge in [0.25, 0.3) is 0 Å². The largest absolute Gasteiger partial charge is 0.478 e. The molecular weight excluding hydrogens is 242 g/mol. The van der Waals surface area contributed by atoms with Gasteiger partial charge in [-0.1, -0.05) is 12.1 Å². The molecule has 2 rings (SSSR count). The van der Waals surface area contributed by atoms with E-state index >= 15 is 0 Å². The molecule has 1 aromatic carbocycles. The minimum atomic E-state index is -0.942. The first-order valence-corrected chi connectivity index (χ1v) is 6.13. The average molecular weight is 259 g/mol. The first kappa shape index (κ1) is 13.1. The second kappa shape index (κ2) is 5.14. The standard InChI is InChI=1S/C14H17N3O2/c1-9(2)17-8-11(7-15-17)16-13-10(3)5-4-6-12(13)14(18)19/h4-9,16H,1-3H3,(H,18,19). The Kier molecular flexibility index (Phi) is 3.55. The first-order chi connectivity index (χ1) is 8.99. The predicted octanol–water partition coefficient (Wildman–Crippen LogP) is 3.21. The van der Waals surface area contributed by atoms with Crippen molar-refractivity contribution in [2.75, 3.05) is 5.32 Å². The number of nitrogens with zero attached hydrogens (tertiary/aromatic N) is 2. The number of carboxylic acids is 1. The third-order valence-electron chi connectivity index (χ3n) is 2.90. The van der Waals surface area contributed by atoms with Gasteiger partial charge >= 0.3 is 5.97 Å². The quantitative estimate of drug-likeness (QED) is 0.884. The number of aromatic nitrogens is 2. The van der Waals surface area contributed by atoms with Gasteiger partial charge in [-0.15, -0.1) is 0 Å². The Labute approximate surface area is 111 Å². The summed E-state index contributed by atoms with van der Waals surface area (Å²) in [5.74, 6) is -0.942. The van der Waals surface area contributed by atoms with E-state index in [0.29, 0.717) is 5.69 Å². The van der Waals surface area contributed by atoms with E-state index < -0.39 is 5.97 Å². The van der Waals surface area contributed by atoms with E-state index in [1.54, 1.807) is 18.3 Å². The van der Waals surface area contributed by atoms with Gasteiger partial charge in [-0.2, -0.15) is 5.10 Å². The third-order valence-corrected chi connectivity index (χ3v) is 2.90. The number of anilines is 2. The van der Waals surface area contributed by atoms with E-state index in [1.165, 1.54) is 0 Å². The molecule has 0 spiro atoms. The zero-order valence-electron chi connectivity index (χ0n) is 11.2. The minimum absolute atomic E-state index is 0.261. The SMILES string of the molecule is Cc1cccc(C(=O)O)c1Nc1cnn(C(C)C)c1. The number of hydrogen-bond acceptors (Lipinski definition) is 3. The van der Waals surface area contributed by atoms with Crippen LogP contribution in [0.1, 0.15) is 35.8 Å². The molecule has 0 fully saturated rings. The summed E-state index contributed by atoms with van der Waals surface area (Å²) in [6.45, 7) is 5.95. The van der Waals surface area contributed by atoms with Crippen LogP contribution >= 0.6 is 0 Å². The molecular formula is C14H17N3O2. The zero-order chi connectivity index (χ0) is 14.0. The van der Waals surface area contributed by atoms with Crippen molar-refractivity contribution in [1.82, 2.24) is 9.78 Å². The molecule has 19 heavy (non-hydrogen) atoms. The van der Waals surface area contributed by atoms with Gasteiger partial charge in [-0.3, -0.25) is 4.68 Å². The van der Waals surface area contributed by atoms with E-state index in [9.17, 15) is 9.90 Å². The Morgan fingerprint density at radius 1 is 1.42 bits per heavy atom. The number of aromatic carboxylic acids is 1. The maximum atomic E-state index is 11.2. The lowest BCUT2D eigenvalue weighted by molar-refractivity contribution is 0.0698. The van der Waals surface area contributed by atoms with Crippen molar-refractivity contribution in [2.45, 2.75) is 26.8 Å². The second-order valence-electron chi connectivity index (χ2n) is 4.73. The van der Waals surface area contributed by atoms with Crippen molar-refractivity contribution in [3.8, 4) is 0 Å². The van der Waals surface area contributed by atoms with Gasteiger partial charge in [0.2, 0.25) is 0 Å². The number of carboxylic acid groups (broad SMARTS) is 1. The fourth-order valence-corrected chi connectivity index (χ4v) is 1.84. The highest BCUT2D eigenvalue weighted by Crippen LogP contribution is 2.25. The topological polar surface area (TPSA) is 67.2 Å². The number of nitrogens with one attached hydrogen (secondary N) is 1. The normalized spacial score (nSPS) is 10.7. The van der Waals surface area contributed by atoms with Gasteiger partial charge in [0, 0.05) is 12.2 Å². The third kappa shape index (κ3) is 2.76. The van der Waals surface area contributed by atoms with Crippen LogP contribution < -0.4 is 5.32 Å². The van der Waals surface area contributed by atoms with Crippen molar-refractivity contribution in [2.24, 2.45) is 0 Å². The number of benzene rings is 1. The summed E-state index contributed by atoms with van der Waals surface area (Å²) in [5.41, 5.74) is 2.54. The maximum absolute atomic E-state index is 11.2. The molecule has 0 saturated heterocycles. The molecule has 5 heteroatoms. The average Bonchev–Trinajstić information content (AvgIpc) is 2.80. The van der Waals surface area contributed by atoms with Crippen LogP contribution in [0.2, 0.25) is 0 Å². The van der Waals surface area contributed by atoms with E-state index in [-0.39, 0.29) is 11.6 Å². The summed E-state index contributed by atoms with van der Waals surface area (Å²) >= 11 is 0. The summed E-state index contributed by atoms with van der Waals surface area (Å²) in [6, 6.07) is 5.47. The van der Waals surface area contributed by atoms with E-state index in [2.05, 4.69) is 10.4 Å². The monoisotopic (exact) mass is 259 g/mol. The van der Waals surface area contributed by atoms with E-state index in [4.69, 9.17) is 0 Å². The van der Waals surface area contributed by atoms with Crippen molar-refractivity contribution >= 4 is 17.3 Å². The summed E-state index contributed by atoms with van der Waals surface area (Å²) in [4.78, 5) is 11.2. The lowest BCUT2D eigenvalue weighted by atomic mass is 10.1. The number of rotatable bonds is 4. The van der Waals surface area contributed by atoms with Crippen LogP contribution in [-0.4, -0.2) is 20.9 Å². The van der Waals surface area contributed by atoms with Crippen LogP contribution in [0.25, 0.3) is 0 Å². The minimum Gasteiger partial charge on any atom is -0.478 e. The summed E-state index contributed by atoms with van der Waals surface area (Å²) in [7, 11) is 0. The van der Waals surface area contributed by atoms with Crippen LogP contribution in [0.3, 0.4) is 0 Å². The molecule has 0 aliphatic carbocycles. The van der Waals surface area contributed by atoms with Gasteiger partial charge in [0.1, 0.15) is 0 Å². The van der Waals surface area contributed by atoms with Crippen molar-refractivity contribution in [3.63, 3.8) is 0 Å². The van der Waals surface area contributed by atoms with Gasteiger partial charge in [-0.05, 0) is 32.4 Å². The zero-order valence-corrected chi connectivity index (χ0v) is 11.2. The Bertz CT molecular complexity index is 602. The number of hydrogen-bond donors (Lipinski definition) is 2. The fourth-order valence-electron chi connectivity index (χ4n) is 1.84. The molecule has 2 aromatic rings. The van der Waals surface area contributed by atoms with Crippen molar-refractivity contribution < 1.29 is 9.90 Å². The molecule has 100 valence electrons. The highest BCUT2D eigenvalue weighted by molar-refractivity contribution is 5.96. The molecule has 2 N–H and O–H groups in total. The Morgan fingerprint density at radius 3 is 2.74 bits per heavy atom. The molecule has 0 aliphatic heterocycles. The maximum Gasteiger partial charge on any atom is 0.337 e. The smallest absolute Gasteiger partial charge is 0.337 e. The molecule has 0 aliphatic rings. The van der Waals surface area contributed by atoms with Crippen LogP contribution in [0, 0.1) is 6.92 Å². The van der Waals surface area contributed by atoms with Gasteiger partial charge in [-0.25, -0.2) is 4.79 Å². The van der Waals surface area contributed by atoms with Crippen LogP contribution in [0.4, 0.5) is 11.4 Å². The number of aryl methyl sites for hydroxylation is 1. The van der Waals surface area contributed by atoms with Crippen LogP contribution in [0.15, 0.2) is 30.6 Å². The Morgan fingerprint density at radius 2 is 2.16 bits per heavy atom. The van der Waals surface area contributed by atoms with E-state index in [0.717, 1.165) is 11.3 Å². The predicted molar refractivity (Wildman–Crippen MR) is 74.0 cm³/mol. The Balaban J connectivity index is 2.34. The fraction of sp³-hybridized carbons (Fsp3) is 0.286. The highest BCUT2D eigenvalue weighted by Gasteiger charge is 2.13. The van der Waals surface area contributed by atoms with E-state index in [1.807, 2.05) is 37.7 Å². The molecule has 5 nitrogen and oxygen atoms in total. The Hall–Kier alpha value is -2.30. The summed E-state index contributed by atoms with van der Waals surface area (Å²) in [6.07, 6.45) is 3.56. The molecule has 0 amide bonds. The van der Waals surface area contributed by atoms with Gasteiger partial charge in [0.15, 0.2) is 0 Å².